The maximum absolute atomic E-state index is 14.6. The molecule has 8 heteroatoms. The van der Waals surface area contributed by atoms with Crippen molar-refractivity contribution >= 4 is 11.0 Å². The molecule has 1 aromatic carbocycles. The predicted octanol–water partition coefficient (Wildman–Crippen LogP) is 3.08. The third-order valence-electron chi connectivity index (χ3n) is 5.17. The highest BCUT2D eigenvalue weighted by atomic mass is 19.1. The van der Waals surface area contributed by atoms with Crippen molar-refractivity contribution in [3.05, 3.63) is 58.5 Å². The third-order valence-corrected chi connectivity index (χ3v) is 5.17. The van der Waals surface area contributed by atoms with Crippen molar-refractivity contribution in [1.29, 1.82) is 0 Å². The Hall–Kier alpha value is -3.26. The predicted molar refractivity (Wildman–Crippen MR) is 95.4 cm³/mol. The summed E-state index contributed by atoms with van der Waals surface area (Å²) in [6, 6.07) is 8.49. The first-order valence-corrected chi connectivity index (χ1v) is 8.61. The molecule has 7 nitrogen and oxygen atoms in total. The van der Waals surface area contributed by atoms with Crippen LogP contribution in [0.15, 0.2) is 45.8 Å². The van der Waals surface area contributed by atoms with Crippen molar-refractivity contribution in [2.45, 2.75) is 24.9 Å². The molecule has 0 radical (unpaired) electrons. The molecule has 0 aliphatic heterocycles. The van der Waals surface area contributed by atoms with Crippen LogP contribution in [0, 0.1) is 5.82 Å². The number of aromatic nitrogens is 4. The maximum atomic E-state index is 14.6. The minimum atomic E-state index is -0.763. The van der Waals surface area contributed by atoms with E-state index in [0.717, 1.165) is 24.8 Å². The molecule has 0 amide bonds. The minimum absolute atomic E-state index is 0.182. The fourth-order valence-corrected chi connectivity index (χ4v) is 3.49. The largest absolute Gasteiger partial charge is 0.439 e. The van der Waals surface area contributed by atoms with Gasteiger partial charge in [0.25, 0.3) is 0 Å². The fraction of sp³-hybridized carbons (Fsp3) is 0.211. The number of pyridine rings is 1. The molecule has 0 bridgehead atoms. The van der Waals surface area contributed by atoms with Gasteiger partial charge in [0.15, 0.2) is 11.6 Å². The highest BCUT2D eigenvalue weighted by molar-refractivity contribution is 5.91. The van der Waals surface area contributed by atoms with E-state index in [1.54, 1.807) is 18.3 Å². The van der Waals surface area contributed by atoms with Gasteiger partial charge in [-0.25, -0.2) is 14.2 Å². The van der Waals surface area contributed by atoms with E-state index in [1.807, 2.05) is 12.1 Å². The lowest BCUT2D eigenvalue weighted by molar-refractivity contribution is -0.0387. The number of fused-ring (bicyclic) bond motifs is 1. The topological polar surface area (TPSA) is 108 Å². The smallest absolute Gasteiger partial charge is 0.385 e. The first kappa shape index (κ1) is 16.0. The lowest BCUT2D eigenvalue weighted by atomic mass is 9.75. The summed E-state index contributed by atoms with van der Waals surface area (Å²) >= 11 is 0. The Morgan fingerprint density at radius 2 is 2.00 bits per heavy atom. The number of aliphatic hydroxyl groups is 1. The molecule has 1 aliphatic carbocycles. The van der Waals surface area contributed by atoms with E-state index in [9.17, 15) is 14.3 Å². The Morgan fingerprint density at radius 1 is 1.22 bits per heavy atom. The van der Waals surface area contributed by atoms with Gasteiger partial charge in [0.2, 0.25) is 0 Å². The van der Waals surface area contributed by atoms with Gasteiger partial charge in [-0.1, -0.05) is 29.4 Å². The first-order valence-electron chi connectivity index (χ1n) is 8.61. The second kappa shape index (κ2) is 5.62. The van der Waals surface area contributed by atoms with Crippen LogP contribution >= 0.6 is 0 Å². The molecule has 0 spiro atoms. The van der Waals surface area contributed by atoms with Gasteiger partial charge in [-0.3, -0.25) is 9.51 Å². The molecule has 3 heterocycles. The summed E-state index contributed by atoms with van der Waals surface area (Å²) in [6.45, 7) is 0. The molecule has 0 unspecified atom stereocenters. The highest BCUT2D eigenvalue weighted by Crippen LogP contribution is 2.41. The first-order chi connectivity index (χ1) is 13.0. The van der Waals surface area contributed by atoms with E-state index in [4.69, 9.17) is 0 Å². The molecular formula is C19H15FN4O3. The van der Waals surface area contributed by atoms with Crippen molar-refractivity contribution in [2.75, 3.05) is 0 Å². The van der Waals surface area contributed by atoms with Crippen molar-refractivity contribution < 1.29 is 14.0 Å². The summed E-state index contributed by atoms with van der Waals surface area (Å²) in [6.07, 6.45) is 4.08. The van der Waals surface area contributed by atoms with Crippen molar-refractivity contribution in [2.24, 2.45) is 0 Å². The van der Waals surface area contributed by atoms with Gasteiger partial charge in [-0.2, -0.15) is 0 Å². The summed E-state index contributed by atoms with van der Waals surface area (Å²) in [7, 11) is 0. The number of halogens is 1. The number of benzene rings is 1. The summed E-state index contributed by atoms with van der Waals surface area (Å²) in [5.74, 6) is -0.926. The van der Waals surface area contributed by atoms with Gasteiger partial charge in [-0.05, 0) is 24.8 Å². The summed E-state index contributed by atoms with van der Waals surface area (Å²) in [4.78, 5) is 21.0. The Labute approximate surface area is 151 Å². The molecule has 5 rings (SSSR count). The maximum Gasteiger partial charge on any atom is 0.439 e. The van der Waals surface area contributed by atoms with Gasteiger partial charge in [0.05, 0.1) is 22.2 Å². The standard InChI is InChI=1S/C19H15FN4O3/c20-13-8-14-16(12(9-21-14)17-23-18(25)27-24-17)22-15(13)10-2-4-11(5-3-10)19(26)6-1-7-19/h2-5,8-9,21,26H,1,6-7H2,(H,23,24,25). The zero-order valence-electron chi connectivity index (χ0n) is 14.1. The van der Waals surface area contributed by atoms with E-state index in [1.165, 1.54) is 6.07 Å². The van der Waals surface area contributed by atoms with Gasteiger partial charge < -0.3 is 10.1 Å². The quantitative estimate of drug-likeness (QED) is 0.516. The Bertz CT molecular complexity index is 1200. The summed E-state index contributed by atoms with van der Waals surface area (Å²) in [5.41, 5.74) is 2.32. The van der Waals surface area contributed by atoms with Gasteiger partial charge in [-0.15, -0.1) is 0 Å². The van der Waals surface area contributed by atoms with Crippen LogP contribution in [0.25, 0.3) is 33.7 Å². The number of aromatic amines is 2. The van der Waals surface area contributed by atoms with Crippen LogP contribution in [0.5, 0.6) is 0 Å². The van der Waals surface area contributed by atoms with Crippen LogP contribution in [0.4, 0.5) is 4.39 Å². The number of nitrogens with one attached hydrogen (secondary N) is 2. The number of hydrogen-bond acceptors (Lipinski definition) is 5. The van der Waals surface area contributed by atoms with Crippen molar-refractivity contribution in [3.8, 4) is 22.6 Å². The normalized spacial score (nSPS) is 15.8. The van der Waals surface area contributed by atoms with Crippen LogP contribution in [0.2, 0.25) is 0 Å². The van der Waals surface area contributed by atoms with E-state index in [-0.39, 0.29) is 11.5 Å². The van der Waals surface area contributed by atoms with E-state index in [2.05, 4.69) is 24.6 Å². The molecular weight excluding hydrogens is 351 g/mol. The zero-order valence-corrected chi connectivity index (χ0v) is 14.1. The number of hydrogen-bond donors (Lipinski definition) is 3. The lowest BCUT2D eigenvalue weighted by Crippen LogP contribution is -2.33. The average molecular weight is 366 g/mol. The highest BCUT2D eigenvalue weighted by Gasteiger charge is 2.36. The molecule has 4 aromatic rings. The Balaban J connectivity index is 1.60. The minimum Gasteiger partial charge on any atom is -0.385 e. The molecule has 27 heavy (non-hydrogen) atoms. The number of H-pyrrole nitrogens is 2. The molecule has 1 fully saturated rings. The van der Waals surface area contributed by atoms with Gasteiger partial charge in [0, 0.05) is 17.8 Å². The summed E-state index contributed by atoms with van der Waals surface area (Å²) in [5, 5.41) is 14.1. The van der Waals surface area contributed by atoms with E-state index in [0.29, 0.717) is 22.2 Å². The Morgan fingerprint density at radius 3 is 2.63 bits per heavy atom. The molecule has 1 aliphatic rings. The molecule has 136 valence electrons. The van der Waals surface area contributed by atoms with Crippen molar-refractivity contribution in [1.82, 2.24) is 20.1 Å². The lowest BCUT2D eigenvalue weighted by Gasteiger charge is -2.37. The van der Waals surface area contributed by atoms with E-state index < -0.39 is 17.2 Å². The van der Waals surface area contributed by atoms with Gasteiger partial charge >= 0.3 is 5.76 Å². The zero-order chi connectivity index (χ0) is 18.6. The molecule has 1 saturated carbocycles. The van der Waals surface area contributed by atoms with Crippen LogP contribution in [-0.2, 0) is 5.60 Å². The molecule has 0 atom stereocenters. The van der Waals surface area contributed by atoms with Crippen LogP contribution < -0.4 is 5.76 Å². The van der Waals surface area contributed by atoms with E-state index >= 15 is 0 Å². The molecule has 3 N–H and O–H groups in total. The van der Waals surface area contributed by atoms with Crippen LogP contribution in [0.3, 0.4) is 0 Å². The second-order valence-corrected chi connectivity index (χ2v) is 6.82. The molecule has 3 aromatic heterocycles. The summed E-state index contributed by atoms with van der Waals surface area (Å²) < 4.78 is 19.1. The monoisotopic (exact) mass is 366 g/mol. The molecule has 0 saturated heterocycles. The van der Waals surface area contributed by atoms with Crippen LogP contribution in [-0.4, -0.2) is 25.2 Å². The average Bonchev–Trinajstić information content (AvgIpc) is 3.24. The SMILES string of the molecule is O=c1[nH]c(-c2c[nH]c3cc(F)c(-c4ccc(C5(O)CCC5)cc4)nc23)no1. The Kier molecular flexibility index (Phi) is 3.32. The van der Waals surface area contributed by atoms with Crippen LogP contribution in [0.1, 0.15) is 24.8 Å². The third kappa shape index (κ3) is 2.48. The fourth-order valence-electron chi connectivity index (χ4n) is 3.49. The second-order valence-electron chi connectivity index (χ2n) is 6.82. The van der Waals surface area contributed by atoms with Gasteiger partial charge in [0.1, 0.15) is 5.69 Å². The van der Waals surface area contributed by atoms with Crippen molar-refractivity contribution in [3.63, 3.8) is 0 Å². The number of rotatable bonds is 3. The number of nitrogens with zero attached hydrogens (tertiary/aromatic N) is 2.